The third-order valence-electron chi connectivity index (χ3n) is 4.80. The first-order valence-electron chi connectivity index (χ1n) is 11.3. The van der Waals surface area contributed by atoms with Crippen molar-refractivity contribution in [1.29, 1.82) is 0 Å². The molecule has 2 N–H and O–H groups in total. The first-order chi connectivity index (χ1) is 16.7. The van der Waals surface area contributed by atoms with Gasteiger partial charge >= 0.3 is 19.8 Å². The van der Waals surface area contributed by atoms with Crippen molar-refractivity contribution in [1.82, 2.24) is 19.5 Å². The van der Waals surface area contributed by atoms with Crippen LogP contribution in [-0.2, 0) is 37.2 Å². The highest BCUT2D eigenvalue weighted by Crippen LogP contribution is 2.50. The van der Waals surface area contributed by atoms with Crippen molar-refractivity contribution in [2.24, 2.45) is 0 Å². The lowest BCUT2D eigenvalue weighted by Gasteiger charge is -2.20. The van der Waals surface area contributed by atoms with Crippen LogP contribution in [-0.4, -0.2) is 64.0 Å². The first kappa shape index (κ1) is 27.0. The van der Waals surface area contributed by atoms with E-state index in [9.17, 15) is 14.2 Å². The zero-order valence-electron chi connectivity index (χ0n) is 19.9. The summed E-state index contributed by atoms with van der Waals surface area (Å²) in [5, 5.41) is 0. The van der Waals surface area contributed by atoms with Crippen LogP contribution in [0.5, 0.6) is 5.88 Å². The molecule has 3 atom stereocenters. The third kappa shape index (κ3) is 7.42. The van der Waals surface area contributed by atoms with Gasteiger partial charge in [-0.25, -0.2) is 9.55 Å². The third-order valence-corrected chi connectivity index (χ3v) is 6.34. The summed E-state index contributed by atoms with van der Waals surface area (Å²) >= 11 is 0. The molecule has 0 saturated carbocycles. The molecule has 14 nitrogen and oxygen atoms in total. The lowest BCUT2D eigenvalue weighted by molar-refractivity contribution is -0.144. The number of phosphoric ester groups is 1. The van der Waals surface area contributed by atoms with Gasteiger partial charge in [0.25, 0.3) is 5.88 Å². The van der Waals surface area contributed by atoms with Gasteiger partial charge in [-0.3, -0.25) is 27.7 Å². The smallest absolute Gasteiger partial charge is 0.463 e. The number of nitrogen functional groups attached to an aromatic ring is 1. The van der Waals surface area contributed by atoms with E-state index in [1.54, 1.807) is 11.5 Å². The maximum Gasteiger partial charge on any atom is 0.474 e. The highest BCUT2D eigenvalue weighted by Gasteiger charge is 2.33. The summed E-state index contributed by atoms with van der Waals surface area (Å²) in [5.74, 6) is -1.03. The van der Waals surface area contributed by atoms with Gasteiger partial charge in [0.15, 0.2) is 11.2 Å². The molecule has 1 aliphatic rings. The van der Waals surface area contributed by atoms with Crippen LogP contribution in [0, 0.1) is 0 Å². The topological polar surface area (TPSA) is 176 Å². The van der Waals surface area contributed by atoms with Gasteiger partial charge in [-0.1, -0.05) is 6.92 Å². The lowest BCUT2D eigenvalue weighted by atomic mass is 10.2. The number of carbonyl (C=O) groups excluding carboxylic acids is 2. The zero-order chi connectivity index (χ0) is 25.4. The Bertz CT molecular complexity index is 1080. The molecular weight excluding hydrogens is 485 g/mol. The number of nitrogens with two attached hydrogens (primary N) is 1. The summed E-state index contributed by atoms with van der Waals surface area (Å²) in [4.78, 5) is 35.1. The minimum atomic E-state index is -3.87. The van der Waals surface area contributed by atoms with Crippen LogP contribution in [0.1, 0.15) is 52.7 Å². The quantitative estimate of drug-likeness (QED) is 0.234. The monoisotopic (exact) mass is 515 g/mol. The standard InChI is InChI=1S/C20H30N5O9P/c1-4-6-16(27)29-9-10-31-35(28,30-5-2)32-11-14-7-8-15(34-14)25-12-22-17-18(25)23-20(21)24-19(17)33-13(3)26/h12,14-15H,4-11H2,1-3H3,(H2,21,23,24)/t14-,15+,35?/m0/s1. The molecule has 1 aliphatic heterocycles. The number of phosphoric acid groups is 1. The Labute approximate surface area is 202 Å². The Morgan fingerprint density at radius 1 is 1.20 bits per heavy atom. The number of ether oxygens (including phenoxy) is 3. The maximum absolute atomic E-state index is 12.8. The van der Waals surface area contributed by atoms with E-state index in [1.807, 2.05) is 6.92 Å². The number of aromatic nitrogens is 4. The molecule has 0 bridgehead atoms. The molecule has 3 rings (SSSR count). The fraction of sp³-hybridized carbons (Fsp3) is 0.650. The van der Waals surface area contributed by atoms with E-state index < -0.39 is 26.1 Å². The van der Waals surface area contributed by atoms with Gasteiger partial charge in [0, 0.05) is 13.3 Å². The van der Waals surface area contributed by atoms with Gasteiger partial charge in [0.05, 0.1) is 32.3 Å². The van der Waals surface area contributed by atoms with Crippen LogP contribution in [0.25, 0.3) is 11.2 Å². The second kappa shape index (κ2) is 12.4. The van der Waals surface area contributed by atoms with Gasteiger partial charge in [-0.15, -0.1) is 0 Å². The largest absolute Gasteiger partial charge is 0.474 e. The minimum absolute atomic E-state index is 0.0354. The Balaban J connectivity index is 1.57. The molecule has 1 saturated heterocycles. The normalized spacial score (nSPS) is 19.5. The lowest BCUT2D eigenvalue weighted by Crippen LogP contribution is -2.18. The summed E-state index contributed by atoms with van der Waals surface area (Å²) in [6.07, 6.45) is 2.76. The zero-order valence-corrected chi connectivity index (χ0v) is 20.8. The van der Waals surface area contributed by atoms with Crippen LogP contribution in [0.3, 0.4) is 0 Å². The van der Waals surface area contributed by atoms with E-state index in [0.29, 0.717) is 31.3 Å². The van der Waals surface area contributed by atoms with Crippen LogP contribution in [0.4, 0.5) is 5.95 Å². The number of esters is 2. The molecule has 1 unspecified atom stereocenters. The molecule has 0 amide bonds. The number of imidazole rings is 1. The SMILES string of the molecule is CCCC(=O)OCCOP(=O)(OCC)OC[C@@H]1CC[C@H](n2cnc3c(OC(C)=O)nc(N)nc32)O1. The highest BCUT2D eigenvalue weighted by molar-refractivity contribution is 7.48. The van der Waals surface area contributed by atoms with E-state index in [-0.39, 0.29) is 49.7 Å². The molecule has 194 valence electrons. The first-order valence-corrected chi connectivity index (χ1v) is 12.7. The predicted octanol–water partition coefficient (Wildman–Crippen LogP) is 2.53. The average molecular weight is 515 g/mol. The summed E-state index contributed by atoms with van der Waals surface area (Å²) in [7, 11) is -3.87. The number of fused-ring (bicyclic) bond motifs is 1. The van der Waals surface area contributed by atoms with E-state index in [2.05, 4.69) is 15.0 Å². The Morgan fingerprint density at radius 2 is 2.00 bits per heavy atom. The summed E-state index contributed by atoms with van der Waals surface area (Å²) in [6.45, 7) is 4.63. The van der Waals surface area contributed by atoms with Crippen molar-refractivity contribution in [3.63, 3.8) is 0 Å². The summed E-state index contributed by atoms with van der Waals surface area (Å²) in [6, 6.07) is 0. The number of nitrogens with zero attached hydrogens (tertiary/aromatic N) is 4. The molecule has 0 aromatic carbocycles. The number of hydrogen-bond donors (Lipinski definition) is 1. The van der Waals surface area contributed by atoms with Crippen molar-refractivity contribution in [2.45, 2.75) is 58.8 Å². The summed E-state index contributed by atoms with van der Waals surface area (Å²) < 4.78 is 46.5. The molecular formula is C20H30N5O9P. The van der Waals surface area contributed by atoms with Crippen LogP contribution >= 0.6 is 7.82 Å². The molecule has 35 heavy (non-hydrogen) atoms. The van der Waals surface area contributed by atoms with E-state index >= 15 is 0 Å². The molecule has 0 radical (unpaired) electrons. The predicted molar refractivity (Wildman–Crippen MR) is 121 cm³/mol. The van der Waals surface area contributed by atoms with Gasteiger partial charge in [0.2, 0.25) is 5.95 Å². The van der Waals surface area contributed by atoms with Crippen molar-refractivity contribution < 1.29 is 41.9 Å². The second-order valence-electron chi connectivity index (χ2n) is 7.56. The van der Waals surface area contributed by atoms with Crippen LogP contribution in [0.15, 0.2) is 6.33 Å². The molecule has 0 spiro atoms. The van der Waals surface area contributed by atoms with Gasteiger partial charge in [-0.05, 0) is 26.2 Å². The van der Waals surface area contributed by atoms with Gasteiger partial charge in [0.1, 0.15) is 12.8 Å². The Hall–Kier alpha value is -2.64. The maximum atomic E-state index is 12.8. The number of anilines is 1. The molecule has 2 aromatic heterocycles. The van der Waals surface area contributed by atoms with Gasteiger partial charge < -0.3 is 19.9 Å². The fourth-order valence-corrected chi connectivity index (χ4v) is 4.55. The van der Waals surface area contributed by atoms with Crippen LogP contribution < -0.4 is 10.5 Å². The van der Waals surface area contributed by atoms with Crippen molar-refractivity contribution in [2.75, 3.05) is 32.2 Å². The van der Waals surface area contributed by atoms with Crippen LogP contribution in [0.2, 0.25) is 0 Å². The van der Waals surface area contributed by atoms with E-state index in [1.165, 1.54) is 13.3 Å². The fourth-order valence-electron chi connectivity index (χ4n) is 3.36. The minimum Gasteiger partial charge on any atom is -0.463 e. The number of carbonyl (C=O) groups is 2. The number of rotatable bonds is 13. The van der Waals surface area contributed by atoms with E-state index in [4.69, 9.17) is 33.5 Å². The Kier molecular flexibility index (Phi) is 9.52. The van der Waals surface area contributed by atoms with E-state index in [0.717, 1.165) is 0 Å². The van der Waals surface area contributed by atoms with Crippen molar-refractivity contribution in [3.05, 3.63) is 6.33 Å². The van der Waals surface area contributed by atoms with Crippen molar-refractivity contribution in [3.8, 4) is 5.88 Å². The number of hydrogen-bond acceptors (Lipinski definition) is 13. The average Bonchev–Trinajstić information content (AvgIpc) is 3.42. The van der Waals surface area contributed by atoms with Crippen molar-refractivity contribution >= 4 is 36.9 Å². The van der Waals surface area contributed by atoms with Gasteiger partial charge in [-0.2, -0.15) is 9.97 Å². The molecule has 2 aromatic rings. The highest BCUT2D eigenvalue weighted by atomic mass is 31.2. The molecule has 0 aliphatic carbocycles. The summed E-state index contributed by atoms with van der Waals surface area (Å²) in [5.41, 5.74) is 6.38. The molecule has 15 heteroatoms. The molecule has 3 heterocycles. The molecule has 1 fully saturated rings. The Morgan fingerprint density at radius 3 is 2.71 bits per heavy atom. The second-order valence-corrected chi connectivity index (χ2v) is 9.23.